The first-order chi connectivity index (χ1) is 27.3. The van der Waals surface area contributed by atoms with Gasteiger partial charge in [-0.1, -0.05) is 188 Å². The Hall–Kier alpha value is -7.22. The van der Waals surface area contributed by atoms with Crippen LogP contribution in [-0.4, -0.2) is 0 Å². The maximum atomic E-state index is 2.44. The molecule has 0 aliphatic carbocycles. The van der Waals surface area contributed by atoms with Gasteiger partial charge in [0.2, 0.25) is 0 Å². The summed E-state index contributed by atoms with van der Waals surface area (Å²) >= 11 is 0. The highest BCUT2D eigenvalue weighted by Gasteiger charge is 2.21. The maximum Gasteiger partial charge on any atom is 0.0540 e. The van der Waals surface area contributed by atoms with Gasteiger partial charge < -0.3 is 4.90 Å². The van der Waals surface area contributed by atoms with Crippen LogP contribution >= 0.6 is 0 Å². The summed E-state index contributed by atoms with van der Waals surface area (Å²) in [5.74, 6) is 0. The molecule has 0 radical (unpaired) electrons. The quantitative estimate of drug-likeness (QED) is 0.150. The summed E-state index contributed by atoms with van der Waals surface area (Å²) < 4.78 is 0. The summed E-state index contributed by atoms with van der Waals surface area (Å²) in [4.78, 5) is 2.44. The average Bonchev–Trinajstić information content (AvgIpc) is 3.28. The van der Waals surface area contributed by atoms with E-state index in [9.17, 15) is 0 Å². The molecule has 1 nitrogen and oxygen atoms in total. The predicted octanol–water partition coefficient (Wildman–Crippen LogP) is 15.3. The molecule has 0 fully saturated rings. The molecule has 0 atom stereocenters. The van der Waals surface area contributed by atoms with E-state index in [1.807, 2.05) is 0 Å². The lowest BCUT2D eigenvalue weighted by Crippen LogP contribution is -2.11. The van der Waals surface area contributed by atoms with Crippen LogP contribution in [0.5, 0.6) is 0 Å². The molecular formula is C54H37N. The molecule has 1 heteroatoms. The van der Waals surface area contributed by atoms with Gasteiger partial charge in [-0.2, -0.15) is 0 Å². The van der Waals surface area contributed by atoms with E-state index in [-0.39, 0.29) is 0 Å². The first-order valence-electron chi connectivity index (χ1n) is 18.9. The molecule has 0 aromatic heterocycles. The van der Waals surface area contributed by atoms with Crippen LogP contribution < -0.4 is 4.90 Å². The molecule has 0 amide bonds. The number of hydrogen-bond donors (Lipinski definition) is 0. The summed E-state index contributed by atoms with van der Waals surface area (Å²) in [6.45, 7) is 0. The Morgan fingerprint density at radius 1 is 0.218 bits per heavy atom. The van der Waals surface area contributed by atoms with Crippen LogP contribution in [0.25, 0.3) is 76.8 Å². The van der Waals surface area contributed by atoms with Gasteiger partial charge in [-0.05, 0) is 108 Å². The number of benzene rings is 10. The standard InChI is InChI=1S/C54H37N/c1-4-16-38(17-5-1)39-28-31-43(32-29-39)55(44-33-34-51-49-26-13-12-24-47(49)48-25-14-15-27-50(48)53(51)37-44)54-35-30-42(36-52(54)41-20-8-3-9-21-41)46-23-11-10-22-45(46)40-18-6-2-7-19-40/h1-37H. The van der Waals surface area contributed by atoms with E-state index < -0.39 is 0 Å². The SMILES string of the molecule is c1ccc(-c2ccc(N(c3ccc4c5ccccc5c5ccccc5c4c3)c3ccc(-c4ccccc4-c4ccccc4)cc3-c3ccccc3)cc2)cc1. The Labute approximate surface area is 322 Å². The lowest BCUT2D eigenvalue weighted by molar-refractivity contribution is 1.29. The number of nitrogens with zero attached hydrogens (tertiary/aromatic N) is 1. The van der Waals surface area contributed by atoms with Gasteiger partial charge in [0.15, 0.2) is 0 Å². The Morgan fingerprint density at radius 2 is 0.618 bits per heavy atom. The van der Waals surface area contributed by atoms with Crippen molar-refractivity contribution in [3.63, 3.8) is 0 Å². The summed E-state index contributed by atoms with van der Waals surface area (Å²) in [5.41, 5.74) is 12.9. The first-order valence-corrected chi connectivity index (χ1v) is 18.9. The molecule has 0 bridgehead atoms. The molecule has 0 aliphatic heterocycles. The third-order valence-electron chi connectivity index (χ3n) is 10.9. The molecule has 0 saturated carbocycles. The molecule has 0 saturated heterocycles. The molecule has 0 heterocycles. The Balaban J connectivity index is 1.22. The van der Waals surface area contributed by atoms with Crippen molar-refractivity contribution in [1.29, 1.82) is 0 Å². The van der Waals surface area contributed by atoms with Crippen LogP contribution in [0.4, 0.5) is 17.1 Å². The monoisotopic (exact) mass is 699 g/mol. The minimum atomic E-state index is 1.10. The molecule has 0 spiro atoms. The fraction of sp³-hybridized carbons (Fsp3) is 0. The second kappa shape index (κ2) is 14.0. The van der Waals surface area contributed by atoms with E-state index in [4.69, 9.17) is 0 Å². The van der Waals surface area contributed by atoms with Gasteiger partial charge in [-0.25, -0.2) is 0 Å². The molecule has 55 heavy (non-hydrogen) atoms. The number of rotatable bonds is 7. The zero-order valence-corrected chi connectivity index (χ0v) is 30.3. The molecule has 0 N–H and O–H groups in total. The van der Waals surface area contributed by atoms with E-state index >= 15 is 0 Å². The second-order valence-corrected chi connectivity index (χ2v) is 14.1. The van der Waals surface area contributed by atoms with Crippen LogP contribution in [-0.2, 0) is 0 Å². The zero-order valence-electron chi connectivity index (χ0n) is 30.3. The van der Waals surface area contributed by atoms with Crippen molar-refractivity contribution in [2.75, 3.05) is 4.90 Å². The minimum absolute atomic E-state index is 1.10. The number of hydrogen-bond acceptors (Lipinski definition) is 1. The van der Waals surface area contributed by atoms with E-state index in [2.05, 4.69) is 229 Å². The van der Waals surface area contributed by atoms with Crippen molar-refractivity contribution >= 4 is 49.4 Å². The zero-order chi connectivity index (χ0) is 36.6. The lowest BCUT2D eigenvalue weighted by atomic mass is 9.91. The van der Waals surface area contributed by atoms with Gasteiger partial charge in [-0.15, -0.1) is 0 Å². The predicted molar refractivity (Wildman–Crippen MR) is 235 cm³/mol. The van der Waals surface area contributed by atoms with Crippen LogP contribution in [0, 0.1) is 0 Å². The van der Waals surface area contributed by atoms with Crippen LogP contribution in [0.15, 0.2) is 224 Å². The highest BCUT2D eigenvalue weighted by Crippen LogP contribution is 2.46. The molecule has 10 rings (SSSR count). The molecule has 0 unspecified atom stereocenters. The summed E-state index contributed by atoms with van der Waals surface area (Å²) in [6, 6.07) is 81.5. The molecule has 10 aromatic rings. The topological polar surface area (TPSA) is 3.24 Å². The number of fused-ring (bicyclic) bond motifs is 6. The van der Waals surface area contributed by atoms with Crippen molar-refractivity contribution in [1.82, 2.24) is 0 Å². The molecule has 0 aliphatic rings. The Morgan fingerprint density at radius 3 is 1.20 bits per heavy atom. The molecular weight excluding hydrogens is 663 g/mol. The van der Waals surface area contributed by atoms with E-state index in [1.165, 1.54) is 71.3 Å². The maximum absolute atomic E-state index is 2.44. The highest BCUT2D eigenvalue weighted by atomic mass is 15.1. The van der Waals surface area contributed by atoms with Crippen molar-refractivity contribution in [3.05, 3.63) is 224 Å². The van der Waals surface area contributed by atoms with E-state index in [0.29, 0.717) is 0 Å². The van der Waals surface area contributed by atoms with Crippen LogP contribution in [0.1, 0.15) is 0 Å². The Bertz CT molecular complexity index is 2910. The van der Waals surface area contributed by atoms with Gasteiger partial charge in [0.1, 0.15) is 0 Å². The second-order valence-electron chi connectivity index (χ2n) is 14.1. The smallest absolute Gasteiger partial charge is 0.0540 e. The molecule has 10 aromatic carbocycles. The van der Waals surface area contributed by atoms with Gasteiger partial charge >= 0.3 is 0 Å². The van der Waals surface area contributed by atoms with Crippen molar-refractivity contribution in [2.24, 2.45) is 0 Å². The molecule has 258 valence electrons. The van der Waals surface area contributed by atoms with Gasteiger partial charge in [-0.3, -0.25) is 0 Å². The summed E-state index contributed by atoms with van der Waals surface area (Å²) in [7, 11) is 0. The van der Waals surface area contributed by atoms with E-state index in [0.717, 1.165) is 22.6 Å². The van der Waals surface area contributed by atoms with Crippen molar-refractivity contribution < 1.29 is 0 Å². The minimum Gasteiger partial charge on any atom is -0.310 e. The van der Waals surface area contributed by atoms with Crippen molar-refractivity contribution in [3.8, 4) is 44.5 Å². The summed E-state index contributed by atoms with van der Waals surface area (Å²) in [6.07, 6.45) is 0. The fourth-order valence-electron chi connectivity index (χ4n) is 8.25. The van der Waals surface area contributed by atoms with Gasteiger partial charge in [0.05, 0.1) is 5.69 Å². The average molecular weight is 700 g/mol. The van der Waals surface area contributed by atoms with Crippen LogP contribution in [0.2, 0.25) is 0 Å². The fourth-order valence-corrected chi connectivity index (χ4v) is 8.25. The third-order valence-corrected chi connectivity index (χ3v) is 10.9. The lowest BCUT2D eigenvalue weighted by Gasteiger charge is -2.29. The van der Waals surface area contributed by atoms with Gasteiger partial charge in [0.25, 0.3) is 0 Å². The summed E-state index contributed by atoms with van der Waals surface area (Å²) in [5, 5.41) is 7.58. The van der Waals surface area contributed by atoms with Crippen LogP contribution in [0.3, 0.4) is 0 Å². The third kappa shape index (κ3) is 5.93. The Kier molecular flexibility index (Phi) is 8.24. The van der Waals surface area contributed by atoms with Gasteiger partial charge in [0, 0.05) is 16.9 Å². The largest absolute Gasteiger partial charge is 0.310 e. The normalized spacial score (nSPS) is 11.3. The van der Waals surface area contributed by atoms with E-state index in [1.54, 1.807) is 0 Å². The highest BCUT2D eigenvalue weighted by molar-refractivity contribution is 6.25. The number of anilines is 3. The first kappa shape index (κ1) is 32.4. The van der Waals surface area contributed by atoms with Crippen molar-refractivity contribution in [2.45, 2.75) is 0 Å².